The molecule has 1 atom stereocenters. The summed E-state index contributed by atoms with van der Waals surface area (Å²) in [5.74, 6) is -0.134. The van der Waals surface area contributed by atoms with Crippen LogP contribution in [0.25, 0.3) is 0 Å². The largest absolute Gasteiger partial charge is 0.381 e. The summed E-state index contributed by atoms with van der Waals surface area (Å²) in [6.07, 6.45) is -0.326. The Hall–Kier alpha value is 0.200. The second-order valence-corrected chi connectivity index (χ2v) is 4.57. The van der Waals surface area contributed by atoms with E-state index in [9.17, 15) is 8.42 Å². The molecule has 9 heavy (non-hydrogen) atoms. The third-order valence-corrected chi connectivity index (χ3v) is 2.08. The van der Waals surface area contributed by atoms with Gasteiger partial charge < -0.3 is 4.74 Å². The molecule has 0 unspecified atom stereocenters. The van der Waals surface area contributed by atoms with Crippen molar-refractivity contribution in [2.45, 2.75) is 13.0 Å². The lowest BCUT2D eigenvalue weighted by atomic mass is 10.5. The molecule has 0 heterocycles. The molecule has 0 saturated carbocycles. The maximum atomic E-state index is 10.3. The standard InChI is InChI=1S/C4H9ClO3S/c1-4(8-2)3-9(5,6)7/h4H,3H2,1-2H3/t4-/m0/s1. The second kappa shape index (κ2) is 3.39. The topological polar surface area (TPSA) is 43.4 Å². The minimum Gasteiger partial charge on any atom is -0.381 e. The fourth-order valence-corrected chi connectivity index (χ4v) is 1.58. The van der Waals surface area contributed by atoms with Crippen LogP contribution in [0.2, 0.25) is 0 Å². The lowest BCUT2D eigenvalue weighted by molar-refractivity contribution is 0.136. The molecular formula is C4H9ClO3S. The summed E-state index contributed by atoms with van der Waals surface area (Å²) in [4.78, 5) is 0. The van der Waals surface area contributed by atoms with Crippen molar-refractivity contribution < 1.29 is 13.2 Å². The molecule has 56 valence electrons. The molecule has 0 aromatic rings. The van der Waals surface area contributed by atoms with Gasteiger partial charge >= 0.3 is 0 Å². The molecule has 0 aliphatic carbocycles. The first-order valence-electron chi connectivity index (χ1n) is 2.41. The zero-order valence-corrected chi connectivity index (χ0v) is 6.87. The van der Waals surface area contributed by atoms with Gasteiger partial charge in [0, 0.05) is 17.8 Å². The van der Waals surface area contributed by atoms with Crippen molar-refractivity contribution in [3.05, 3.63) is 0 Å². The van der Waals surface area contributed by atoms with Gasteiger partial charge in [-0.05, 0) is 6.92 Å². The first-order chi connectivity index (χ1) is 3.95. The molecule has 0 aromatic carbocycles. The Kier molecular flexibility index (Phi) is 3.46. The molecule has 0 saturated heterocycles. The fraction of sp³-hybridized carbons (Fsp3) is 1.00. The molecule has 0 amide bonds. The maximum Gasteiger partial charge on any atom is 0.235 e. The number of rotatable bonds is 3. The molecule has 0 aliphatic heterocycles. The maximum absolute atomic E-state index is 10.3. The number of methoxy groups -OCH3 is 1. The molecule has 0 bridgehead atoms. The minimum atomic E-state index is -3.39. The van der Waals surface area contributed by atoms with Gasteiger partial charge in [0.25, 0.3) is 0 Å². The van der Waals surface area contributed by atoms with E-state index >= 15 is 0 Å². The van der Waals surface area contributed by atoms with Crippen LogP contribution < -0.4 is 0 Å². The zero-order chi connectivity index (χ0) is 7.49. The minimum absolute atomic E-state index is 0.134. The molecule has 0 spiro atoms. The number of hydrogen-bond acceptors (Lipinski definition) is 3. The second-order valence-electron chi connectivity index (χ2n) is 1.75. The van der Waals surface area contributed by atoms with Crippen molar-refractivity contribution in [3.8, 4) is 0 Å². The molecule has 0 aliphatic rings. The highest BCUT2D eigenvalue weighted by Gasteiger charge is 2.10. The highest BCUT2D eigenvalue weighted by atomic mass is 35.7. The van der Waals surface area contributed by atoms with E-state index in [1.807, 2.05) is 0 Å². The van der Waals surface area contributed by atoms with E-state index in [0.29, 0.717) is 0 Å². The molecule has 0 fully saturated rings. The van der Waals surface area contributed by atoms with E-state index in [4.69, 9.17) is 10.7 Å². The van der Waals surface area contributed by atoms with Gasteiger partial charge in [-0.1, -0.05) is 0 Å². The average molecular weight is 173 g/mol. The molecule has 3 nitrogen and oxygen atoms in total. The van der Waals surface area contributed by atoms with Crippen LogP contribution >= 0.6 is 10.7 Å². The van der Waals surface area contributed by atoms with Crippen LogP contribution in [-0.4, -0.2) is 27.4 Å². The normalized spacial score (nSPS) is 15.4. The van der Waals surface area contributed by atoms with Crippen LogP contribution in [0.3, 0.4) is 0 Å². The monoisotopic (exact) mass is 172 g/mol. The smallest absolute Gasteiger partial charge is 0.235 e. The van der Waals surface area contributed by atoms with Crippen LogP contribution in [-0.2, 0) is 13.8 Å². The first kappa shape index (κ1) is 9.20. The van der Waals surface area contributed by atoms with Gasteiger partial charge in [0.05, 0.1) is 11.9 Å². The number of hydrogen-bond donors (Lipinski definition) is 0. The molecule has 0 N–H and O–H groups in total. The average Bonchev–Trinajstić information content (AvgIpc) is 1.62. The van der Waals surface area contributed by atoms with E-state index in [-0.39, 0.29) is 11.9 Å². The third kappa shape index (κ3) is 6.08. The van der Waals surface area contributed by atoms with Crippen LogP contribution in [0.5, 0.6) is 0 Å². The Labute approximate surface area is 59.4 Å². The summed E-state index contributed by atoms with van der Waals surface area (Å²) in [6.45, 7) is 1.64. The van der Waals surface area contributed by atoms with Crippen molar-refractivity contribution in [1.29, 1.82) is 0 Å². The van der Waals surface area contributed by atoms with Crippen molar-refractivity contribution in [2.75, 3.05) is 12.9 Å². The van der Waals surface area contributed by atoms with Crippen LogP contribution in [0.4, 0.5) is 0 Å². The Balaban J connectivity index is 3.75. The van der Waals surface area contributed by atoms with Crippen molar-refractivity contribution in [3.63, 3.8) is 0 Å². The summed E-state index contributed by atoms with van der Waals surface area (Å²) in [7, 11) is 2.95. The van der Waals surface area contributed by atoms with E-state index < -0.39 is 9.05 Å². The van der Waals surface area contributed by atoms with Gasteiger partial charge in [0.2, 0.25) is 9.05 Å². The van der Waals surface area contributed by atoms with Crippen LogP contribution in [0.15, 0.2) is 0 Å². The van der Waals surface area contributed by atoms with Crippen LogP contribution in [0, 0.1) is 0 Å². The van der Waals surface area contributed by atoms with E-state index in [1.165, 1.54) is 7.11 Å². The molecule has 0 rings (SSSR count). The summed E-state index contributed by atoms with van der Waals surface area (Å²) in [5.41, 5.74) is 0. The summed E-state index contributed by atoms with van der Waals surface area (Å²) >= 11 is 0. The van der Waals surface area contributed by atoms with E-state index in [0.717, 1.165) is 0 Å². The fourth-order valence-electron chi connectivity index (χ4n) is 0.348. The number of halogens is 1. The van der Waals surface area contributed by atoms with E-state index in [2.05, 4.69) is 4.74 Å². The summed E-state index contributed by atoms with van der Waals surface area (Å²) in [5, 5.41) is 0. The zero-order valence-electron chi connectivity index (χ0n) is 5.30. The predicted molar refractivity (Wildman–Crippen MR) is 36.1 cm³/mol. The summed E-state index contributed by atoms with van der Waals surface area (Å²) in [6, 6.07) is 0. The molecule has 0 aromatic heterocycles. The summed E-state index contributed by atoms with van der Waals surface area (Å²) < 4.78 is 25.2. The molecule has 5 heteroatoms. The third-order valence-electron chi connectivity index (χ3n) is 0.836. The SMILES string of the molecule is CO[C@@H](C)CS(=O)(=O)Cl. The van der Waals surface area contributed by atoms with E-state index in [1.54, 1.807) is 6.92 Å². The van der Waals surface area contributed by atoms with Gasteiger partial charge in [0.1, 0.15) is 0 Å². The highest BCUT2D eigenvalue weighted by molar-refractivity contribution is 8.13. The molecule has 0 radical (unpaired) electrons. The highest BCUT2D eigenvalue weighted by Crippen LogP contribution is 2.00. The van der Waals surface area contributed by atoms with Crippen LogP contribution in [0.1, 0.15) is 6.92 Å². The van der Waals surface area contributed by atoms with Crippen molar-refractivity contribution in [1.82, 2.24) is 0 Å². The van der Waals surface area contributed by atoms with Gasteiger partial charge in [0.15, 0.2) is 0 Å². The lowest BCUT2D eigenvalue weighted by Gasteiger charge is -2.04. The quantitative estimate of drug-likeness (QED) is 0.586. The molecular weight excluding hydrogens is 164 g/mol. The van der Waals surface area contributed by atoms with Crippen molar-refractivity contribution >= 4 is 19.7 Å². The Morgan fingerprint density at radius 1 is 1.67 bits per heavy atom. The van der Waals surface area contributed by atoms with Gasteiger partial charge in [-0.2, -0.15) is 0 Å². The predicted octanol–water partition coefficient (Wildman–Crippen LogP) is 0.590. The lowest BCUT2D eigenvalue weighted by Crippen LogP contribution is -2.15. The first-order valence-corrected chi connectivity index (χ1v) is 4.88. The van der Waals surface area contributed by atoms with Gasteiger partial charge in [-0.3, -0.25) is 0 Å². The number of ether oxygens (including phenoxy) is 1. The van der Waals surface area contributed by atoms with Gasteiger partial charge in [-0.25, -0.2) is 8.42 Å². The Morgan fingerprint density at radius 2 is 2.11 bits per heavy atom. The Morgan fingerprint density at radius 3 is 2.22 bits per heavy atom. The van der Waals surface area contributed by atoms with Crippen molar-refractivity contribution in [2.24, 2.45) is 0 Å². The van der Waals surface area contributed by atoms with Gasteiger partial charge in [-0.15, -0.1) is 0 Å². The Bertz CT molecular complexity index is 163.